The fraction of sp³-hybridized carbons (Fsp3) is 0.765. The van der Waals surface area contributed by atoms with Gasteiger partial charge in [-0.3, -0.25) is 9.59 Å². The molecule has 1 aliphatic heterocycles. The minimum absolute atomic E-state index is 0.107. The zero-order valence-electron chi connectivity index (χ0n) is 15.9. The molecule has 0 aliphatic carbocycles. The Morgan fingerprint density at radius 3 is 2.33 bits per heavy atom. The van der Waals surface area contributed by atoms with E-state index in [1.54, 1.807) is 20.8 Å². The Morgan fingerprint density at radius 2 is 1.81 bits per heavy atom. The highest BCUT2D eigenvalue weighted by Crippen LogP contribution is 2.32. The normalized spacial score (nSPS) is 16.3. The minimum atomic E-state index is -1.13. The van der Waals surface area contributed by atoms with Gasteiger partial charge in [-0.2, -0.15) is 5.26 Å². The van der Waals surface area contributed by atoms with Gasteiger partial charge >= 0.3 is 12.1 Å². The average Bonchev–Trinajstić information content (AvgIpc) is 2.59. The maximum atomic E-state index is 12.5. The van der Waals surface area contributed by atoms with Gasteiger partial charge in [-0.05, 0) is 33.6 Å². The number of carbonyl (C=O) groups excluding carboxylic acids is 2. The predicted molar refractivity (Wildman–Crippen MR) is 105 cm³/mol. The topological polar surface area (TPSA) is 120 Å². The van der Waals surface area contributed by atoms with Gasteiger partial charge < -0.3 is 20.1 Å². The fourth-order valence-electron chi connectivity index (χ4n) is 2.41. The number of amides is 2. The van der Waals surface area contributed by atoms with E-state index in [1.807, 2.05) is 0 Å². The number of likely N-dealkylation sites (tertiary alicyclic amines) is 1. The molecule has 1 rings (SSSR count). The number of carbonyl (C=O) groups is 3. The quantitative estimate of drug-likeness (QED) is 0.457. The molecule has 152 valence electrons. The van der Waals surface area contributed by atoms with Gasteiger partial charge in [-0.1, -0.05) is 21.6 Å². The number of rotatable bonds is 8. The predicted octanol–water partition coefficient (Wildman–Crippen LogP) is 2.50. The molecule has 0 bridgehead atoms. The van der Waals surface area contributed by atoms with Crippen LogP contribution >= 0.6 is 21.6 Å². The number of carboxylic acids is 1. The third kappa shape index (κ3) is 8.30. The summed E-state index contributed by atoms with van der Waals surface area (Å²) in [5.41, 5.74) is -1.71. The molecule has 1 aliphatic rings. The average molecular weight is 418 g/mol. The molecule has 2 amide bonds. The molecule has 1 heterocycles. The monoisotopic (exact) mass is 417 g/mol. The van der Waals surface area contributed by atoms with Crippen molar-refractivity contribution in [1.82, 2.24) is 10.2 Å². The molecular weight excluding hydrogens is 390 g/mol. The van der Waals surface area contributed by atoms with Gasteiger partial charge in [0.15, 0.2) is 0 Å². The van der Waals surface area contributed by atoms with Gasteiger partial charge in [0.05, 0.1) is 12.5 Å². The highest BCUT2D eigenvalue weighted by molar-refractivity contribution is 8.76. The van der Waals surface area contributed by atoms with Crippen molar-refractivity contribution in [1.29, 1.82) is 5.26 Å². The summed E-state index contributed by atoms with van der Waals surface area (Å²) >= 11 is 0. The molecule has 0 aromatic carbocycles. The van der Waals surface area contributed by atoms with Crippen molar-refractivity contribution in [3.05, 3.63) is 0 Å². The van der Waals surface area contributed by atoms with Crippen LogP contribution in [0.4, 0.5) is 4.79 Å². The molecule has 0 aromatic rings. The Bertz CT molecular complexity index is 578. The fourth-order valence-corrected chi connectivity index (χ4v) is 4.30. The molecule has 2 N–H and O–H groups in total. The summed E-state index contributed by atoms with van der Waals surface area (Å²) in [4.78, 5) is 36.5. The van der Waals surface area contributed by atoms with E-state index in [1.165, 1.54) is 26.5 Å². The molecular formula is C17H27N3O5S2. The molecule has 27 heavy (non-hydrogen) atoms. The minimum Gasteiger partial charge on any atom is -0.481 e. The van der Waals surface area contributed by atoms with E-state index >= 15 is 0 Å². The van der Waals surface area contributed by atoms with E-state index in [0.717, 1.165) is 0 Å². The van der Waals surface area contributed by atoms with Crippen molar-refractivity contribution in [2.24, 2.45) is 5.41 Å². The van der Waals surface area contributed by atoms with Crippen LogP contribution in [0.5, 0.6) is 0 Å². The Labute approximate surface area is 167 Å². The summed E-state index contributed by atoms with van der Waals surface area (Å²) in [5, 5.41) is 20.9. The van der Waals surface area contributed by atoms with Crippen LogP contribution in [0.25, 0.3) is 0 Å². The number of hydrogen-bond acceptors (Lipinski definition) is 7. The SMILES string of the molecule is CC(C)(C)OC(=O)N1CCC(C#N)(C(=O)NCCSSCCC(=O)O)CC1. The van der Waals surface area contributed by atoms with Crippen LogP contribution in [0.2, 0.25) is 0 Å². The molecule has 1 saturated heterocycles. The van der Waals surface area contributed by atoms with E-state index in [9.17, 15) is 19.6 Å². The molecule has 0 spiro atoms. The number of hydrogen-bond donors (Lipinski definition) is 2. The first-order chi connectivity index (χ1) is 12.6. The lowest BCUT2D eigenvalue weighted by molar-refractivity contribution is -0.136. The first kappa shape index (κ1) is 23.4. The second-order valence-electron chi connectivity index (χ2n) is 7.20. The molecule has 0 atom stereocenters. The van der Waals surface area contributed by atoms with Crippen molar-refractivity contribution in [3.63, 3.8) is 0 Å². The van der Waals surface area contributed by atoms with Crippen molar-refractivity contribution in [3.8, 4) is 6.07 Å². The Balaban J connectivity index is 2.38. The molecule has 10 heteroatoms. The Hall–Kier alpha value is -1.60. The van der Waals surface area contributed by atoms with Gasteiger partial charge in [-0.15, -0.1) is 0 Å². The second kappa shape index (κ2) is 10.7. The standard InChI is InChI=1S/C17H27N3O5S2/c1-16(2,3)25-15(24)20-8-5-17(12-18,6-9-20)14(23)19-7-11-27-26-10-4-13(21)22/h4-11H2,1-3H3,(H,19,23)(H,21,22). The van der Waals surface area contributed by atoms with Crippen LogP contribution < -0.4 is 5.32 Å². The van der Waals surface area contributed by atoms with E-state index < -0.39 is 23.1 Å². The first-order valence-electron chi connectivity index (χ1n) is 8.73. The van der Waals surface area contributed by atoms with Crippen molar-refractivity contribution in [2.45, 2.75) is 45.6 Å². The lowest BCUT2D eigenvalue weighted by atomic mass is 9.79. The number of carboxylic acid groups (broad SMARTS) is 1. The molecule has 0 radical (unpaired) electrons. The summed E-state index contributed by atoms with van der Waals surface area (Å²) in [6.45, 7) is 6.38. The lowest BCUT2D eigenvalue weighted by Crippen LogP contribution is -2.50. The molecule has 0 saturated carbocycles. The summed E-state index contributed by atoms with van der Waals surface area (Å²) < 4.78 is 5.33. The summed E-state index contributed by atoms with van der Waals surface area (Å²) in [6, 6.07) is 2.13. The van der Waals surface area contributed by atoms with Crippen LogP contribution in [0.1, 0.15) is 40.0 Å². The molecule has 8 nitrogen and oxygen atoms in total. The smallest absolute Gasteiger partial charge is 0.410 e. The zero-order valence-corrected chi connectivity index (χ0v) is 17.6. The Morgan fingerprint density at radius 1 is 1.22 bits per heavy atom. The summed E-state index contributed by atoms with van der Waals surface area (Å²) in [6.07, 6.45) is 0.226. The zero-order chi connectivity index (χ0) is 20.5. The van der Waals surface area contributed by atoms with Crippen LogP contribution in [0.3, 0.4) is 0 Å². The van der Waals surface area contributed by atoms with Crippen molar-refractivity contribution < 1.29 is 24.2 Å². The van der Waals surface area contributed by atoms with Gasteiger partial charge in [0.25, 0.3) is 0 Å². The molecule has 0 aromatic heterocycles. The first-order valence-corrected chi connectivity index (χ1v) is 11.2. The number of nitrogens with zero attached hydrogens (tertiary/aromatic N) is 2. The van der Waals surface area contributed by atoms with Crippen LogP contribution in [0, 0.1) is 16.7 Å². The Kier molecular flexibility index (Phi) is 9.26. The van der Waals surface area contributed by atoms with Gasteiger partial charge in [-0.25, -0.2) is 4.79 Å². The van der Waals surface area contributed by atoms with Gasteiger partial charge in [0, 0.05) is 31.1 Å². The van der Waals surface area contributed by atoms with Crippen LogP contribution in [-0.4, -0.2) is 64.7 Å². The number of aliphatic carboxylic acids is 1. The van der Waals surface area contributed by atoms with E-state index in [0.29, 0.717) is 31.1 Å². The number of nitriles is 1. The third-order valence-corrected chi connectivity index (χ3v) is 6.28. The van der Waals surface area contributed by atoms with E-state index in [2.05, 4.69) is 11.4 Å². The van der Waals surface area contributed by atoms with E-state index in [4.69, 9.17) is 9.84 Å². The second-order valence-corrected chi connectivity index (χ2v) is 9.91. The third-order valence-electron chi connectivity index (χ3n) is 3.87. The van der Waals surface area contributed by atoms with E-state index in [-0.39, 0.29) is 25.2 Å². The lowest BCUT2D eigenvalue weighted by Gasteiger charge is -2.36. The highest BCUT2D eigenvalue weighted by Gasteiger charge is 2.43. The number of nitrogens with one attached hydrogen (secondary N) is 1. The summed E-state index contributed by atoms with van der Waals surface area (Å²) in [5.74, 6) is -0.00641. The highest BCUT2D eigenvalue weighted by atomic mass is 33.1. The molecule has 1 fully saturated rings. The number of piperidine rings is 1. The maximum Gasteiger partial charge on any atom is 0.410 e. The summed E-state index contributed by atoms with van der Waals surface area (Å²) in [7, 11) is 2.93. The van der Waals surface area contributed by atoms with Crippen LogP contribution in [-0.2, 0) is 14.3 Å². The largest absolute Gasteiger partial charge is 0.481 e. The number of ether oxygens (including phenoxy) is 1. The van der Waals surface area contributed by atoms with Gasteiger partial charge in [0.1, 0.15) is 11.0 Å². The van der Waals surface area contributed by atoms with Gasteiger partial charge in [0.2, 0.25) is 5.91 Å². The van der Waals surface area contributed by atoms with Crippen molar-refractivity contribution in [2.75, 3.05) is 31.1 Å². The maximum absolute atomic E-state index is 12.5. The van der Waals surface area contributed by atoms with Crippen LogP contribution in [0.15, 0.2) is 0 Å². The van der Waals surface area contributed by atoms with Crippen molar-refractivity contribution >= 4 is 39.6 Å². The molecule has 0 unspecified atom stereocenters.